The van der Waals surface area contributed by atoms with Crippen LogP contribution in [0.25, 0.3) is 0 Å². The summed E-state index contributed by atoms with van der Waals surface area (Å²) in [6.45, 7) is 1.91. The number of nitrogens with one attached hydrogen (secondary N) is 1. The Labute approximate surface area is 104 Å². The monoisotopic (exact) mass is 256 g/mol. The summed E-state index contributed by atoms with van der Waals surface area (Å²) >= 11 is 5.37. The van der Waals surface area contributed by atoms with Crippen LogP contribution in [0.1, 0.15) is 6.92 Å². The number of para-hydroxylation sites is 1. The van der Waals surface area contributed by atoms with Crippen LogP contribution >= 0.6 is 11.6 Å². The molecule has 92 valence electrons. The third kappa shape index (κ3) is 3.96. The molecule has 0 heterocycles. The van der Waals surface area contributed by atoms with Crippen LogP contribution in [-0.2, 0) is 9.53 Å². The zero-order valence-electron chi connectivity index (χ0n) is 9.35. The van der Waals surface area contributed by atoms with E-state index in [1.165, 1.54) is 0 Å². The molecular weight excluding hydrogens is 244 g/mol. The molecule has 0 aliphatic heterocycles. The van der Waals surface area contributed by atoms with Gasteiger partial charge in [-0.25, -0.2) is 4.79 Å². The van der Waals surface area contributed by atoms with Gasteiger partial charge >= 0.3 is 6.09 Å². The summed E-state index contributed by atoms with van der Waals surface area (Å²) in [5.74, 6) is -0.716. The van der Waals surface area contributed by atoms with Crippen molar-refractivity contribution in [1.82, 2.24) is 5.43 Å². The maximum atomic E-state index is 11.6. The minimum absolute atomic E-state index is 0.221. The lowest BCUT2D eigenvalue weighted by molar-refractivity contribution is -0.118. The summed E-state index contributed by atoms with van der Waals surface area (Å²) in [7, 11) is 0. The summed E-state index contributed by atoms with van der Waals surface area (Å²) in [5, 5.41) is 1.02. The highest BCUT2D eigenvalue weighted by atomic mass is 35.5. The van der Waals surface area contributed by atoms with E-state index in [0.29, 0.717) is 5.69 Å². The molecule has 0 aromatic heterocycles. The number of benzene rings is 1. The van der Waals surface area contributed by atoms with Crippen molar-refractivity contribution in [3.8, 4) is 0 Å². The Hall–Kier alpha value is -1.75. The lowest BCUT2D eigenvalue weighted by Crippen LogP contribution is -2.47. The van der Waals surface area contributed by atoms with E-state index in [2.05, 4.69) is 5.43 Å². The number of halogens is 1. The average Bonchev–Trinajstić information content (AvgIpc) is 2.36. The summed E-state index contributed by atoms with van der Waals surface area (Å²) in [6.07, 6.45) is -0.655. The molecule has 0 unspecified atom stereocenters. The quantitative estimate of drug-likeness (QED) is 0.664. The lowest BCUT2D eigenvalue weighted by atomic mass is 10.3. The van der Waals surface area contributed by atoms with E-state index in [-0.39, 0.29) is 12.5 Å². The fourth-order valence-electron chi connectivity index (χ4n) is 1.14. The molecule has 0 spiro atoms. The fourth-order valence-corrected chi connectivity index (χ4v) is 1.20. The number of hydrogen-bond acceptors (Lipinski definition) is 3. The van der Waals surface area contributed by atoms with Crippen molar-refractivity contribution in [2.24, 2.45) is 0 Å². The van der Waals surface area contributed by atoms with Gasteiger partial charge in [0.1, 0.15) is 5.88 Å². The van der Waals surface area contributed by atoms with Crippen molar-refractivity contribution in [3.05, 3.63) is 30.3 Å². The van der Waals surface area contributed by atoms with E-state index in [1.807, 2.05) is 0 Å². The topological polar surface area (TPSA) is 58.6 Å². The molecule has 1 rings (SSSR count). The normalized spacial score (nSPS) is 9.53. The standard InChI is InChI=1S/C11H13ClN2O3/c1-2-17-11(16)14(13-10(15)8-12)9-6-4-3-5-7-9/h3-7H,2,8H2,1H3,(H,13,15). The molecule has 5 nitrogen and oxygen atoms in total. The number of nitrogens with zero attached hydrogens (tertiary/aromatic N) is 1. The number of ether oxygens (including phenoxy) is 1. The van der Waals surface area contributed by atoms with E-state index >= 15 is 0 Å². The van der Waals surface area contributed by atoms with Gasteiger partial charge in [0.2, 0.25) is 0 Å². The molecule has 0 aliphatic rings. The Bertz CT molecular complexity index is 384. The Morgan fingerprint density at radius 3 is 2.53 bits per heavy atom. The summed E-state index contributed by atoms with van der Waals surface area (Å²) in [5.41, 5.74) is 2.86. The van der Waals surface area contributed by atoms with E-state index in [1.54, 1.807) is 37.3 Å². The molecule has 0 bridgehead atoms. The molecule has 0 atom stereocenters. The van der Waals surface area contributed by atoms with Crippen molar-refractivity contribution < 1.29 is 14.3 Å². The summed E-state index contributed by atoms with van der Waals surface area (Å²) in [6, 6.07) is 8.63. The number of amides is 2. The molecule has 0 saturated carbocycles. The molecule has 0 radical (unpaired) electrons. The van der Waals surface area contributed by atoms with Gasteiger partial charge in [-0.15, -0.1) is 11.6 Å². The second-order valence-corrected chi connectivity index (χ2v) is 3.31. The Balaban J connectivity index is 2.86. The number of anilines is 1. The number of hydrogen-bond donors (Lipinski definition) is 1. The van der Waals surface area contributed by atoms with Crippen LogP contribution in [0.5, 0.6) is 0 Å². The van der Waals surface area contributed by atoms with Gasteiger partial charge in [0.05, 0.1) is 12.3 Å². The van der Waals surface area contributed by atoms with Crippen molar-refractivity contribution in [3.63, 3.8) is 0 Å². The van der Waals surface area contributed by atoms with E-state index < -0.39 is 12.0 Å². The molecule has 0 aliphatic carbocycles. The number of carbonyl (C=O) groups excluding carboxylic acids is 2. The Kier molecular flexibility index (Phi) is 5.29. The first-order valence-electron chi connectivity index (χ1n) is 5.06. The largest absolute Gasteiger partial charge is 0.448 e. The van der Waals surface area contributed by atoms with Crippen molar-refractivity contribution in [2.45, 2.75) is 6.92 Å². The molecule has 1 N–H and O–H groups in total. The van der Waals surface area contributed by atoms with Crippen LogP contribution < -0.4 is 10.4 Å². The Morgan fingerprint density at radius 2 is 2.00 bits per heavy atom. The third-order valence-corrected chi connectivity index (χ3v) is 2.07. The second-order valence-electron chi connectivity index (χ2n) is 3.04. The SMILES string of the molecule is CCOC(=O)N(NC(=O)CCl)c1ccccc1. The van der Waals surface area contributed by atoms with Gasteiger partial charge in [0.15, 0.2) is 0 Å². The molecule has 17 heavy (non-hydrogen) atoms. The van der Waals surface area contributed by atoms with Crippen molar-refractivity contribution >= 4 is 29.3 Å². The molecule has 2 amide bonds. The van der Waals surface area contributed by atoms with Gasteiger partial charge in [-0.1, -0.05) is 18.2 Å². The predicted molar refractivity (Wildman–Crippen MR) is 64.8 cm³/mol. The molecule has 0 saturated heterocycles. The maximum Gasteiger partial charge on any atom is 0.433 e. The van der Waals surface area contributed by atoms with Gasteiger partial charge in [0, 0.05) is 0 Å². The molecule has 1 aromatic carbocycles. The van der Waals surface area contributed by atoms with Gasteiger partial charge in [-0.3, -0.25) is 10.2 Å². The first-order chi connectivity index (χ1) is 8.19. The average molecular weight is 257 g/mol. The van der Waals surface area contributed by atoms with Crippen LogP contribution in [0.15, 0.2) is 30.3 Å². The Morgan fingerprint density at radius 1 is 1.35 bits per heavy atom. The fraction of sp³-hybridized carbons (Fsp3) is 0.273. The number of alkyl halides is 1. The molecule has 0 fully saturated rings. The van der Waals surface area contributed by atoms with E-state index in [9.17, 15) is 9.59 Å². The smallest absolute Gasteiger partial charge is 0.433 e. The number of rotatable bonds is 3. The van der Waals surface area contributed by atoms with Crippen molar-refractivity contribution in [2.75, 3.05) is 17.5 Å². The second kappa shape index (κ2) is 6.75. The molecule has 1 aromatic rings. The van der Waals surface area contributed by atoms with Gasteiger partial charge < -0.3 is 4.74 Å². The van der Waals surface area contributed by atoms with Crippen molar-refractivity contribution in [1.29, 1.82) is 0 Å². The zero-order valence-corrected chi connectivity index (χ0v) is 10.1. The highest BCUT2D eigenvalue weighted by Crippen LogP contribution is 2.12. The van der Waals surface area contributed by atoms with Crippen LogP contribution in [0.4, 0.5) is 10.5 Å². The summed E-state index contributed by atoms with van der Waals surface area (Å²) in [4.78, 5) is 22.9. The first-order valence-corrected chi connectivity index (χ1v) is 5.59. The maximum absolute atomic E-state index is 11.6. The lowest BCUT2D eigenvalue weighted by Gasteiger charge is -2.21. The third-order valence-electron chi connectivity index (χ3n) is 1.82. The summed E-state index contributed by atoms with van der Waals surface area (Å²) < 4.78 is 4.83. The predicted octanol–water partition coefficient (Wildman–Crippen LogP) is 1.92. The van der Waals surface area contributed by atoms with Crippen LogP contribution in [0.3, 0.4) is 0 Å². The van der Waals surface area contributed by atoms with E-state index in [4.69, 9.17) is 16.3 Å². The zero-order chi connectivity index (χ0) is 12.7. The first kappa shape index (κ1) is 13.3. The van der Waals surface area contributed by atoms with E-state index in [0.717, 1.165) is 5.01 Å². The van der Waals surface area contributed by atoms with Gasteiger partial charge in [-0.2, -0.15) is 5.01 Å². The number of carbonyl (C=O) groups is 2. The highest BCUT2D eigenvalue weighted by molar-refractivity contribution is 6.27. The van der Waals surface area contributed by atoms with Gasteiger partial charge in [0.25, 0.3) is 5.91 Å². The van der Waals surface area contributed by atoms with Gasteiger partial charge in [-0.05, 0) is 19.1 Å². The van der Waals surface area contributed by atoms with Crippen LogP contribution in [-0.4, -0.2) is 24.5 Å². The highest BCUT2D eigenvalue weighted by Gasteiger charge is 2.18. The number of hydrazine groups is 1. The molecule has 6 heteroatoms. The minimum Gasteiger partial charge on any atom is -0.448 e. The molecular formula is C11H13ClN2O3. The van der Waals surface area contributed by atoms with Crippen LogP contribution in [0, 0.1) is 0 Å². The van der Waals surface area contributed by atoms with Crippen LogP contribution in [0.2, 0.25) is 0 Å². The minimum atomic E-state index is -0.655.